The van der Waals surface area contributed by atoms with Crippen LogP contribution in [0.25, 0.3) is 71.2 Å². The van der Waals surface area contributed by atoms with Crippen LogP contribution >= 0.6 is 0 Å². The SMILES string of the molecule is c1ccc(-c2cccc(-n3c4ccccc4c4cc5c6ccccc6c6nccnc6c5cc43)c2)cc1. The maximum atomic E-state index is 4.80. The van der Waals surface area contributed by atoms with E-state index in [4.69, 9.17) is 9.97 Å². The molecule has 172 valence electrons. The van der Waals surface area contributed by atoms with Gasteiger partial charge in [-0.05, 0) is 52.2 Å². The highest BCUT2D eigenvalue weighted by Gasteiger charge is 2.17. The maximum Gasteiger partial charge on any atom is 0.0972 e. The fourth-order valence-corrected chi connectivity index (χ4v) is 5.82. The first-order valence-corrected chi connectivity index (χ1v) is 12.5. The molecule has 0 unspecified atom stereocenters. The lowest BCUT2D eigenvalue weighted by molar-refractivity contribution is 1.18. The highest BCUT2D eigenvalue weighted by Crippen LogP contribution is 2.40. The van der Waals surface area contributed by atoms with Crippen LogP contribution in [0.3, 0.4) is 0 Å². The van der Waals surface area contributed by atoms with Gasteiger partial charge in [-0.2, -0.15) is 0 Å². The van der Waals surface area contributed by atoms with E-state index in [1.54, 1.807) is 12.4 Å². The summed E-state index contributed by atoms with van der Waals surface area (Å²) >= 11 is 0. The molecule has 0 amide bonds. The number of hydrogen-bond donors (Lipinski definition) is 0. The smallest absolute Gasteiger partial charge is 0.0972 e. The van der Waals surface area contributed by atoms with E-state index in [2.05, 4.69) is 120 Å². The predicted octanol–water partition coefficient (Wildman–Crippen LogP) is 8.70. The molecule has 0 saturated heterocycles. The number of rotatable bonds is 2. The minimum Gasteiger partial charge on any atom is -0.309 e. The van der Waals surface area contributed by atoms with Gasteiger partial charge in [0.1, 0.15) is 0 Å². The molecule has 0 fully saturated rings. The van der Waals surface area contributed by atoms with Crippen LogP contribution in [-0.4, -0.2) is 14.5 Å². The number of aromatic nitrogens is 3. The van der Waals surface area contributed by atoms with Crippen molar-refractivity contribution in [3.05, 3.63) is 128 Å². The van der Waals surface area contributed by atoms with Crippen molar-refractivity contribution >= 4 is 54.4 Å². The van der Waals surface area contributed by atoms with E-state index in [-0.39, 0.29) is 0 Å². The summed E-state index contributed by atoms with van der Waals surface area (Å²) in [7, 11) is 0. The van der Waals surface area contributed by atoms with Gasteiger partial charge in [-0.15, -0.1) is 0 Å². The molecule has 0 N–H and O–H groups in total. The Balaban J connectivity index is 1.53. The van der Waals surface area contributed by atoms with Gasteiger partial charge in [-0.1, -0.05) is 84.9 Å². The highest BCUT2D eigenvalue weighted by molar-refractivity contribution is 6.27. The van der Waals surface area contributed by atoms with Gasteiger partial charge < -0.3 is 4.57 Å². The Morgan fingerprint density at radius 3 is 1.92 bits per heavy atom. The second-order valence-corrected chi connectivity index (χ2v) is 9.48. The van der Waals surface area contributed by atoms with Gasteiger partial charge >= 0.3 is 0 Å². The topological polar surface area (TPSA) is 30.7 Å². The Morgan fingerprint density at radius 2 is 1.08 bits per heavy atom. The van der Waals surface area contributed by atoms with Crippen LogP contribution in [0.1, 0.15) is 0 Å². The Kier molecular flexibility index (Phi) is 4.23. The molecular weight excluding hydrogens is 450 g/mol. The molecule has 2 aromatic heterocycles. The summed E-state index contributed by atoms with van der Waals surface area (Å²) in [5, 5.41) is 7.15. The minimum atomic E-state index is 0.938. The molecular formula is C34H21N3. The lowest BCUT2D eigenvalue weighted by Gasteiger charge is -2.12. The number of nitrogens with zero attached hydrogens (tertiary/aromatic N) is 3. The van der Waals surface area contributed by atoms with Crippen molar-refractivity contribution in [1.82, 2.24) is 14.5 Å². The van der Waals surface area contributed by atoms with Crippen molar-refractivity contribution in [2.45, 2.75) is 0 Å². The van der Waals surface area contributed by atoms with E-state index in [9.17, 15) is 0 Å². The molecule has 3 nitrogen and oxygen atoms in total. The molecule has 2 heterocycles. The number of hydrogen-bond acceptors (Lipinski definition) is 2. The fourth-order valence-electron chi connectivity index (χ4n) is 5.82. The second kappa shape index (κ2) is 7.74. The molecule has 0 radical (unpaired) electrons. The molecule has 8 aromatic rings. The lowest BCUT2D eigenvalue weighted by atomic mass is 9.97. The fraction of sp³-hybridized carbons (Fsp3) is 0. The summed E-state index contributed by atoms with van der Waals surface area (Å²) in [5.41, 5.74) is 7.80. The summed E-state index contributed by atoms with van der Waals surface area (Å²) in [6.45, 7) is 0. The standard InChI is InChI=1S/C34H21N3/c1-2-9-22(10-3-1)23-11-8-12-24(19-23)37-31-16-7-6-14-26(31)29-20-28-25-13-4-5-15-27(25)33-34(36-18-17-35-33)30(28)21-32(29)37/h1-21H. The highest BCUT2D eigenvalue weighted by atomic mass is 15.0. The quantitative estimate of drug-likeness (QED) is 0.236. The van der Waals surface area contributed by atoms with Crippen LogP contribution in [-0.2, 0) is 0 Å². The maximum absolute atomic E-state index is 4.80. The predicted molar refractivity (Wildman–Crippen MR) is 154 cm³/mol. The van der Waals surface area contributed by atoms with E-state index in [1.807, 2.05) is 0 Å². The second-order valence-electron chi connectivity index (χ2n) is 9.48. The zero-order valence-electron chi connectivity index (χ0n) is 20.0. The Labute approximate surface area is 213 Å². The molecule has 0 aliphatic heterocycles. The van der Waals surface area contributed by atoms with E-state index in [1.165, 1.54) is 43.7 Å². The minimum absolute atomic E-state index is 0.938. The molecule has 0 atom stereocenters. The molecule has 0 saturated carbocycles. The molecule has 0 bridgehead atoms. The van der Waals surface area contributed by atoms with Gasteiger partial charge in [0.2, 0.25) is 0 Å². The summed E-state index contributed by atoms with van der Waals surface area (Å²) in [6, 6.07) is 41.2. The van der Waals surface area contributed by atoms with Crippen molar-refractivity contribution < 1.29 is 0 Å². The first-order valence-electron chi connectivity index (χ1n) is 12.5. The van der Waals surface area contributed by atoms with Crippen LogP contribution < -0.4 is 0 Å². The van der Waals surface area contributed by atoms with Crippen LogP contribution in [0.4, 0.5) is 0 Å². The average molecular weight is 472 g/mol. The van der Waals surface area contributed by atoms with E-state index >= 15 is 0 Å². The van der Waals surface area contributed by atoms with Crippen molar-refractivity contribution in [1.29, 1.82) is 0 Å². The third-order valence-corrected chi connectivity index (χ3v) is 7.45. The Hall–Kier alpha value is -5.02. The van der Waals surface area contributed by atoms with Gasteiger partial charge in [0.25, 0.3) is 0 Å². The van der Waals surface area contributed by atoms with Crippen LogP contribution in [0.2, 0.25) is 0 Å². The average Bonchev–Trinajstić information content (AvgIpc) is 3.30. The summed E-state index contributed by atoms with van der Waals surface area (Å²) in [5.74, 6) is 0. The van der Waals surface area contributed by atoms with E-state index < -0.39 is 0 Å². The Bertz CT molecular complexity index is 2140. The van der Waals surface area contributed by atoms with Crippen molar-refractivity contribution in [2.75, 3.05) is 0 Å². The molecule has 6 aromatic carbocycles. The summed E-state index contributed by atoms with van der Waals surface area (Å²) in [4.78, 5) is 9.54. The summed E-state index contributed by atoms with van der Waals surface area (Å²) < 4.78 is 2.38. The summed E-state index contributed by atoms with van der Waals surface area (Å²) in [6.07, 6.45) is 3.57. The molecule has 3 heteroatoms. The van der Waals surface area contributed by atoms with Gasteiger partial charge in [0.05, 0.1) is 22.1 Å². The first-order chi connectivity index (χ1) is 18.4. The van der Waals surface area contributed by atoms with Crippen LogP contribution in [0.15, 0.2) is 128 Å². The Morgan fingerprint density at radius 1 is 0.405 bits per heavy atom. The number of benzene rings is 6. The van der Waals surface area contributed by atoms with Crippen LogP contribution in [0.5, 0.6) is 0 Å². The van der Waals surface area contributed by atoms with Crippen molar-refractivity contribution in [3.63, 3.8) is 0 Å². The largest absolute Gasteiger partial charge is 0.309 e. The third kappa shape index (κ3) is 2.95. The van der Waals surface area contributed by atoms with E-state index in [0.29, 0.717) is 0 Å². The zero-order valence-corrected chi connectivity index (χ0v) is 20.0. The third-order valence-electron chi connectivity index (χ3n) is 7.45. The van der Waals surface area contributed by atoms with Gasteiger partial charge in [0.15, 0.2) is 0 Å². The van der Waals surface area contributed by atoms with Crippen molar-refractivity contribution in [2.24, 2.45) is 0 Å². The van der Waals surface area contributed by atoms with Crippen LogP contribution in [0, 0.1) is 0 Å². The van der Waals surface area contributed by atoms with Gasteiger partial charge in [0, 0.05) is 39.6 Å². The molecule has 37 heavy (non-hydrogen) atoms. The van der Waals surface area contributed by atoms with Crippen molar-refractivity contribution in [3.8, 4) is 16.8 Å². The molecule has 0 aliphatic rings. The molecule has 8 rings (SSSR count). The first kappa shape index (κ1) is 20.2. The normalized spacial score (nSPS) is 11.8. The monoisotopic (exact) mass is 471 g/mol. The zero-order chi connectivity index (χ0) is 24.3. The van der Waals surface area contributed by atoms with Gasteiger partial charge in [-0.25, -0.2) is 0 Å². The molecule has 0 spiro atoms. The van der Waals surface area contributed by atoms with Gasteiger partial charge in [-0.3, -0.25) is 9.97 Å². The number of fused-ring (bicyclic) bond motifs is 9. The lowest BCUT2D eigenvalue weighted by Crippen LogP contribution is -1.95. The number of para-hydroxylation sites is 1. The van der Waals surface area contributed by atoms with E-state index in [0.717, 1.165) is 27.5 Å². The molecule has 0 aliphatic carbocycles.